The quantitative estimate of drug-likeness (QED) is 0.0442. The average Bonchev–Trinajstić information content (AvgIpc) is 3.38. The van der Waals surface area contributed by atoms with Crippen LogP contribution in [0.25, 0.3) is 0 Å². The van der Waals surface area contributed by atoms with Gasteiger partial charge in [0.05, 0.1) is 0 Å². The molecule has 68 heavy (non-hydrogen) atoms. The fourth-order valence-corrected chi connectivity index (χ4v) is 9.33. The fourth-order valence-electron chi connectivity index (χ4n) is 9.33. The van der Waals surface area contributed by atoms with Crippen molar-refractivity contribution in [2.24, 2.45) is 0 Å². The highest BCUT2D eigenvalue weighted by atomic mass is 15.2. The summed E-state index contributed by atoms with van der Waals surface area (Å²) < 4.78 is 2.46. The summed E-state index contributed by atoms with van der Waals surface area (Å²) in [6, 6.07) is 37.8. The molecule has 4 aromatic carbocycles. The Morgan fingerprint density at radius 2 is 0.574 bits per heavy atom. The van der Waals surface area contributed by atoms with Crippen molar-refractivity contribution < 1.29 is 0 Å². The molecule has 0 saturated carbocycles. The van der Waals surface area contributed by atoms with Gasteiger partial charge < -0.3 is 19.6 Å². The van der Waals surface area contributed by atoms with Gasteiger partial charge in [-0.2, -0.15) is 4.58 Å². The summed E-state index contributed by atoms with van der Waals surface area (Å²) in [6.07, 6.45) is 29.0. The van der Waals surface area contributed by atoms with Crippen molar-refractivity contribution in [3.63, 3.8) is 0 Å². The Morgan fingerprint density at radius 1 is 0.324 bits per heavy atom. The maximum atomic E-state index is 2.67. The van der Waals surface area contributed by atoms with Gasteiger partial charge in [0, 0.05) is 116 Å². The Morgan fingerprint density at radius 3 is 0.868 bits per heavy atom. The lowest BCUT2D eigenvalue weighted by Gasteiger charge is -2.29. The molecule has 1 aliphatic rings. The van der Waals surface area contributed by atoms with E-state index in [-0.39, 0.29) is 0 Å². The van der Waals surface area contributed by atoms with Crippen LogP contribution in [-0.4, -0.2) is 69.0 Å². The maximum absolute atomic E-state index is 2.67. The minimum Gasteiger partial charge on any atom is -0.372 e. The first-order valence-corrected chi connectivity index (χ1v) is 27.7. The zero-order chi connectivity index (χ0) is 48.4. The molecule has 0 aliphatic heterocycles. The third-order valence-electron chi connectivity index (χ3n) is 13.7. The summed E-state index contributed by atoms with van der Waals surface area (Å²) >= 11 is 0. The van der Waals surface area contributed by atoms with Crippen LogP contribution in [0.2, 0.25) is 0 Å². The van der Waals surface area contributed by atoms with Crippen LogP contribution in [0.4, 0.5) is 45.5 Å². The lowest BCUT2D eigenvalue weighted by Crippen LogP contribution is -2.36. The molecule has 370 valence electrons. The summed E-state index contributed by atoms with van der Waals surface area (Å²) in [5.74, 6) is 0. The van der Waals surface area contributed by atoms with Gasteiger partial charge in [-0.05, 0) is 137 Å². The Kier molecular flexibility index (Phi) is 24.4. The molecule has 0 saturated heterocycles. The van der Waals surface area contributed by atoms with Crippen molar-refractivity contribution >= 4 is 51.2 Å². The van der Waals surface area contributed by atoms with Gasteiger partial charge in [0.15, 0.2) is 0 Å². The summed E-state index contributed by atoms with van der Waals surface area (Å²) in [5.41, 5.74) is 11.0. The zero-order valence-electron chi connectivity index (χ0n) is 44.3. The second-order valence-corrected chi connectivity index (χ2v) is 19.2. The number of anilines is 6. The van der Waals surface area contributed by atoms with E-state index >= 15 is 0 Å². The first kappa shape index (κ1) is 54.1. The van der Waals surface area contributed by atoms with Gasteiger partial charge in [-0.25, -0.2) is 0 Å². The first-order chi connectivity index (χ1) is 33.4. The highest BCUT2D eigenvalue weighted by molar-refractivity contribution is 6.08. The molecule has 0 spiro atoms. The molecule has 1 aliphatic carbocycles. The summed E-state index contributed by atoms with van der Waals surface area (Å²) in [4.78, 5) is 12.9. The van der Waals surface area contributed by atoms with Crippen LogP contribution >= 0.6 is 0 Å². The van der Waals surface area contributed by atoms with E-state index < -0.39 is 0 Å². The van der Waals surface area contributed by atoms with Crippen molar-refractivity contribution in [1.29, 1.82) is 0 Å². The molecule has 0 radical (unpaired) electrons. The van der Waals surface area contributed by atoms with E-state index in [1.165, 1.54) is 143 Å². The molecule has 0 N–H and O–H groups in total. The minimum atomic E-state index is 0.316. The van der Waals surface area contributed by atoms with E-state index in [1.807, 2.05) is 0 Å². The summed E-state index contributed by atoms with van der Waals surface area (Å²) in [5, 5.41) is 0. The van der Waals surface area contributed by atoms with Gasteiger partial charge >= 0.3 is 0 Å². The molecule has 0 amide bonds. The van der Waals surface area contributed by atoms with Crippen molar-refractivity contribution in [2.75, 3.05) is 72.0 Å². The van der Waals surface area contributed by atoms with Crippen LogP contribution in [0.3, 0.4) is 0 Å². The van der Waals surface area contributed by atoms with Crippen LogP contribution in [-0.2, 0) is 0 Å². The third kappa shape index (κ3) is 16.1. The van der Waals surface area contributed by atoms with E-state index in [0.717, 1.165) is 63.7 Å². The lowest BCUT2D eigenvalue weighted by molar-refractivity contribution is 0.251. The van der Waals surface area contributed by atoms with Gasteiger partial charge in [0.25, 0.3) is 0 Å². The molecule has 0 unspecified atom stereocenters. The van der Waals surface area contributed by atoms with Crippen LogP contribution in [0, 0.1) is 0 Å². The number of hydrogen-bond acceptors (Lipinski definition) is 5. The second-order valence-electron chi connectivity index (χ2n) is 19.2. The highest BCUT2D eigenvalue weighted by Crippen LogP contribution is 2.38. The molecule has 0 fully saturated rings. The Hall–Kier alpha value is -4.81. The third-order valence-corrected chi connectivity index (χ3v) is 13.7. The minimum absolute atomic E-state index is 0.316. The largest absolute Gasteiger partial charge is 0.372 e. The number of hydrogen-bond donors (Lipinski definition) is 0. The monoisotopic (exact) mass is 922 g/mol. The van der Waals surface area contributed by atoms with Crippen LogP contribution < -0.4 is 24.2 Å². The topological polar surface area (TPSA) is 19.2 Å². The fraction of sp³-hybridized carbons (Fsp3) is 0.532. The smallest absolute Gasteiger partial charge is 0.211 e. The van der Waals surface area contributed by atoms with E-state index in [2.05, 4.69) is 206 Å². The molecule has 0 heterocycles. The van der Waals surface area contributed by atoms with Crippen molar-refractivity contribution in [1.82, 2.24) is 9.48 Å². The number of rotatable bonds is 33. The van der Waals surface area contributed by atoms with Gasteiger partial charge in [-0.3, -0.25) is 4.90 Å². The Balaban J connectivity index is 1.58. The normalized spacial score (nSPS) is 13.4. The van der Waals surface area contributed by atoms with Gasteiger partial charge in [-0.15, -0.1) is 0 Å². The van der Waals surface area contributed by atoms with E-state index in [0.29, 0.717) is 6.04 Å². The predicted molar refractivity (Wildman–Crippen MR) is 304 cm³/mol. The van der Waals surface area contributed by atoms with E-state index in [4.69, 9.17) is 0 Å². The first-order valence-electron chi connectivity index (χ1n) is 27.7. The van der Waals surface area contributed by atoms with Crippen molar-refractivity contribution in [3.05, 3.63) is 121 Å². The number of allylic oxidation sites excluding steroid dienone is 2. The SMILES string of the molecule is CCCCN(CCCC)c1ccc(N(c2ccc(N(CCCC)CCCC)cc2)c2ccc([N+](=C3C=CC(N(CCCC)CCCC)C=C3)c3ccc(N(CCCC)CCCC)cc3)cc2)cc1. The van der Waals surface area contributed by atoms with Crippen LogP contribution in [0.5, 0.6) is 0 Å². The lowest BCUT2D eigenvalue weighted by atomic mass is 10.1. The molecule has 5 rings (SSSR count). The van der Waals surface area contributed by atoms with E-state index in [9.17, 15) is 0 Å². The summed E-state index contributed by atoms with van der Waals surface area (Å²) in [6.45, 7) is 27.3. The molecular formula is C62H93N6+. The molecule has 0 aromatic heterocycles. The molecular weight excluding hydrogens is 829 g/mol. The molecule has 6 nitrogen and oxygen atoms in total. The number of benzene rings is 4. The highest BCUT2D eigenvalue weighted by Gasteiger charge is 2.24. The number of unbranched alkanes of at least 4 members (excludes halogenated alkanes) is 8. The van der Waals surface area contributed by atoms with Crippen molar-refractivity contribution in [3.8, 4) is 0 Å². The standard InChI is InChI=1S/C62H93N6/c1-9-17-45-63(46-18-10-2)53-25-33-57(34-26-53)67(58-35-27-54(28-36-58)64(47-19-11-3)48-20-12-4)61-41-43-62(44-42-61)68(59-37-29-55(30-38-59)65(49-21-13-5)50-22-14-6)60-39-31-56(32-40-60)66(51-23-15-7)52-24-16-8/h25-44,53H,9-24,45-52H2,1-8H3/q+1. The van der Waals surface area contributed by atoms with Crippen LogP contribution in [0.1, 0.15) is 158 Å². The molecule has 6 heteroatoms. The Labute approximate surface area is 416 Å². The van der Waals surface area contributed by atoms with Gasteiger partial charge in [0.2, 0.25) is 17.1 Å². The molecule has 0 atom stereocenters. The van der Waals surface area contributed by atoms with Crippen molar-refractivity contribution in [2.45, 2.75) is 164 Å². The molecule has 4 aromatic rings. The van der Waals surface area contributed by atoms with Gasteiger partial charge in [-0.1, -0.05) is 119 Å². The predicted octanol–water partition coefficient (Wildman–Crippen LogP) is 17.0. The average molecular weight is 922 g/mol. The van der Waals surface area contributed by atoms with Crippen LogP contribution in [0.15, 0.2) is 121 Å². The summed E-state index contributed by atoms with van der Waals surface area (Å²) in [7, 11) is 0. The maximum Gasteiger partial charge on any atom is 0.211 e. The second kappa shape index (κ2) is 30.6. The van der Waals surface area contributed by atoms with Gasteiger partial charge in [0.1, 0.15) is 0 Å². The van der Waals surface area contributed by atoms with E-state index in [1.54, 1.807) is 0 Å². The molecule has 0 bridgehead atoms. The zero-order valence-corrected chi connectivity index (χ0v) is 44.3. The Bertz CT molecular complexity index is 1940. The number of nitrogens with zero attached hydrogens (tertiary/aromatic N) is 6.